The minimum Gasteiger partial charge on any atom is -0.303 e. The molecular formula is C19H20FN. The van der Waals surface area contributed by atoms with Crippen LogP contribution in [0.1, 0.15) is 41.4 Å². The molecule has 0 unspecified atom stereocenters. The smallest absolute Gasteiger partial charge is 0.123 e. The van der Waals surface area contributed by atoms with Gasteiger partial charge in [-0.15, -0.1) is 0 Å². The number of hydrogen-bond acceptors (Lipinski definition) is 1. The largest absolute Gasteiger partial charge is 0.303 e. The molecule has 0 bridgehead atoms. The maximum Gasteiger partial charge on any atom is 0.123 e. The van der Waals surface area contributed by atoms with E-state index in [9.17, 15) is 4.39 Å². The molecule has 0 saturated carbocycles. The van der Waals surface area contributed by atoms with Crippen LogP contribution in [0.4, 0.5) is 4.39 Å². The van der Waals surface area contributed by atoms with Crippen molar-refractivity contribution in [2.24, 2.45) is 0 Å². The summed E-state index contributed by atoms with van der Waals surface area (Å²) >= 11 is 0. The lowest BCUT2D eigenvalue weighted by Gasteiger charge is -2.37. The first-order valence-electron chi connectivity index (χ1n) is 7.78. The van der Waals surface area contributed by atoms with Crippen LogP contribution >= 0.6 is 0 Å². The van der Waals surface area contributed by atoms with Gasteiger partial charge in [-0.05, 0) is 55.3 Å². The Bertz CT molecular complexity index is 649. The highest BCUT2D eigenvalue weighted by Crippen LogP contribution is 2.47. The predicted octanol–water partition coefficient (Wildman–Crippen LogP) is 4.15. The van der Waals surface area contributed by atoms with Crippen molar-refractivity contribution in [2.45, 2.75) is 30.7 Å². The van der Waals surface area contributed by atoms with Crippen LogP contribution in [0.2, 0.25) is 0 Å². The summed E-state index contributed by atoms with van der Waals surface area (Å²) in [6.07, 6.45) is 2.40. The molecule has 1 heterocycles. The van der Waals surface area contributed by atoms with Crippen LogP contribution in [-0.4, -0.2) is 24.5 Å². The minimum absolute atomic E-state index is 0.154. The molecule has 2 heteroatoms. The molecule has 0 N–H and O–H groups in total. The lowest BCUT2D eigenvalue weighted by molar-refractivity contribution is 0.265. The van der Waals surface area contributed by atoms with Crippen LogP contribution in [0.25, 0.3) is 0 Å². The van der Waals surface area contributed by atoms with Crippen LogP contribution in [0, 0.1) is 5.82 Å². The van der Waals surface area contributed by atoms with Crippen molar-refractivity contribution < 1.29 is 4.39 Å². The van der Waals surface area contributed by atoms with Gasteiger partial charge >= 0.3 is 0 Å². The molecule has 21 heavy (non-hydrogen) atoms. The van der Waals surface area contributed by atoms with Crippen molar-refractivity contribution in [3.8, 4) is 0 Å². The summed E-state index contributed by atoms with van der Waals surface area (Å²) in [5.41, 5.74) is 4.19. The predicted molar refractivity (Wildman–Crippen MR) is 83.1 cm³/mol. The van der Waals surface area contributed by atoms with Crippen LogP contribution in [0.5, 0.6) is 0 Å². The highest BCUT2D eigenvalue weighted by Gasteiger charge is 2.40. The highest BCUT2D eigenvalue weighted by molar-refractivity contribution is 5.44. The van der Waals surface area contributed by atoms with E-state index in [-0.39, 0.29) is 5.82 Å². The van der Waals surface area contributed by atoms with Gasteiger partial charge in [0.2, 0.25) is 0 Å². The fourth-order valence-electron chi connectivity index (χ4n) is 4.26. The van der Waals surface area contributed by atoms with Crippen LogP contribution in [0.15, 0.2) is 48.5 Å². The third-order valence-electron chi connectivity index (χ3n) is 5.34. The Hall–Kier alpha value is -1.67. The van der Waals surface area contributed by atoms with Gasteiger partial charge < -0.3 is 4.90 Å². The fraction of sp³-hybridized carbons (Fsp3) is 0.368. The number of likely N-dealkylation sites (tertiary alicyclic amines) is 1. The molecule has 2 aromatic carbocycles. The van der Waals surface area contributed by atoms with Crippen molar-refractivity contribution in [1.82, 2.24) is 4.90 Å². The van der Waals surface area contributed by atoms with Crippen molar-refractivity contribution in [1.29, 1.82) is 0 Å². The standard InChI is InChI=1S/C19H20FN/c1-21-11-10-17-15-4-2-3-5-16(15)18(12-19(17)21)13-6-8-14(20)9-7-13/h2-9,17-19H,10-12H2,1H3/t17-,18+,19+/m1/s1. The molecule has 2 aromatic rings. The average Bonchev–Trinajstić information content (AvgIpc) is 2.89. The summed E-state index contributed by atoms with van der Waals surface area (Å²) in [7, 11) is 2.24. The molecule has 0 radical (unpaired) electrons. The number of halogens is 1. The zero-order valence-corrected chi connectivity index (χ0v) is 12.3. The number of likely N-dealkylation sites (N-methyl/N-ethyl adjacent to an activating group) is 1. The molecular weight excluding hydrogens is 261 g/mol. The number of hydrogen-bond donors (Lipinski definition) is 0. The third-order valence-corrected chi connectivity index (χ3v) is 5.34. The lowest BCUT2D eigenvalue weighted by atomic mass is 9.71. The molecule has 1 nitrogen and oxygen atoms in total. The van der Waals surface area contributed by atoms with Gasteiger partial charge in [-0.25, -0.2) is 4.39 Å². The summed E-state index contributed by atoms with van der Waals surface area (Å²) in [5.74, 6) is 0.908. The second-order valence-corrected chi connectivity index (χ2v) is 6.41. The Morgan fingerprint density at radius 3 is 2.48 bits per heavy atom. The van der Waals surface area contributed by atoms with Crippen molar-refractivity contribution in [3.63, 3.8) is 0 Å². The molecule has 1 fully saturated rings. The first kappa shape index (κ1) is 13.0. The summed E-state index contributed by atoms with van der Waals surface area (Å²) in [6.45, 7) is 1.18. The lowest BCUT2D eigenvalue weighted by Crippen LogP contribution is -2.34. The topological polar surface area (TPSA) is 3.24 Å². The molecule has 3 atom stereocenters. The summed E-state index contributed by atoms with van der Waals surface area (Å²) in [6, 6.07) is 16.5. The highest BCUT2D eigenvalue weighted by atomic mass is 19.1. The SMILES string of the molecule is CN1CC[C@@H]2c3ccccc3[C@H](c3ccc(F)cc3)C[C@@H]21. The first-order valence-corrected chi connectivity index (χ1v) is 7.78. The van der Waals surface area contributed by atoms with E-state index in [1.165, 1.54) is 29.7 Å². The second-order valence-electron chi connectivity index (χ2n) is 6.41. The van der Waals surface area contributed by atoms with Gasteiger partial charge in [-0.1, -0.05) is 36.4 Å². The summed E-state index contributed by atoms with van der Waals surface area (Å²) < 4.78 is 13.2. The Morgan fingerprint density at radius 1 is 1.00 bits per heavy atom. The van der Waals surface area contributed by atoms with Crippen LogP contribution < -0.4 is 0 Å². The van der Waals surface area contributed by atoms with E-state index in [0.717, 1.165) is 6.42 Å². The Labute approximate surface area is 125 Å². The number of nitrogens with zero attached hydrogens (tertiary/aromatic N) is 1. The average molecular weight is 281 g/mol. The van der Waals surface area contributed by atoms with E-state index in [2.05, 4.69) is 36.2 Å². The van der Waals surface area contributed by atoms with Crippen LogP contribution in [-0.2, 0) is 0 Å². The quantitative estimate of drug-likeness (QED) is 0.759. The van der Waals surface area contributed by atoms with E-state index in [1.807, 2.05) is 12.1 Å². The van der Waals surface area contributed by atoms with E-state index >= 15 is 0 Å². The Kier molecular flexibility index (Phi) is 3.07. The Balaban J connectivity index is 1.81. The van der Waals surface area contributed by atoms with E-state index in [1.54, 1.807) is 12.1 Å². The number of rotatable bonds is 1. The molecule has 0 aromatic heterocycles. The van der Waals surface area contributed by atoms with Gasteiger partial charge in [0.1, 0.15) is 5.82 Å². The first-order chi connectivity index (χ1) is 10.2. The Morgan fingerprint density at radius 2 is 1.71 bits per heavy atom. The van der Waals surface area contributed by atoms with E-state index in [4.69, 9.17) is 0 Å². The number of benzene rings is 2. The molecule has 0 amide bonds. The van der Waals surface area contributed by atoms with Gasteiger partial charge in [-0.3, -0.25) is 0 Å². The minimum atomic E-state index is -0.154. The molecule has 1 aliphatic carbocycles. The molecule has 0 spiro atoms. The van der Waals surface area contributed by atoms with Gasteiger partial charge in [-0.2, -0.15) is 0 Å². The van der Waals surface area contributed by atoms with E-state index in [0.29, 0.717) is 17.9 Å². The monoisotopic (exact) mass is 281 g/mol. The van der Waals surface area contributed by atoms with Crippen LogP contribution in [0.3, 0.4) is 0 Å². The molecule has 2 aliphatic rings. The molecule has 108 valence electrons. The molecule has 1 saturated heterocycles. The van der Waals surface area contributed by atoms with Gasteiger partial charge in [0.05, 0.1) is 0 Å². The normalized spacial score (nSPS) is 28.2. The molecule has 4 rings (SSSR count). The maximum atomic E-state index is 13.2. The fourth-order valence-corrected chi connectivity index (χ4v) is 4.26. The second kappa shape index (κ2) is 4.96. The summed E-state index contributed by atoms with van der Waals surface area (Å²) in [5, 5.41) is 0. The number of fused-ring (bicyclic) bond motifs is 3. The van der Waals surface area contributed by atoms with Crippen molar-refractivity contribution in [2.75, 3.05) is 13.6 Å². The van der Waals surface area contributed by atoms with Gasteiger partial charge in [0.25, 0.3) is 0 Å². The van der Waals surface area contributed by atoms with Gasteiger partial charge in [0.15, 0.2) is 0 Å². The summed E-state index contributed by atoms with van der Waals surface area (Å²) in [4.78, 5) is 2.50. The molecule has 1 aliphatic heterocycles. The van der Waals surface area contributed by atoms with Crippen molar-refractivity contribution >= 4 is 0 Å². The zero-order valence-electron chi connectivity index (χ0n) is 12.3. The van der Waals surface area contributed by atoms with Gasteiger partial charge in [0, 0.05) is 17.9 Å². The zero-order chi connectivity index (χ0) is 14.4. The third kappa shape index (κ3) is 2.09. The maximum absolute atomic E-state index is 13.2. The van der Waals surface area contributed by atoms with Crippen molar-refractivity contribution in [3.05, 3.63) is 71.0 Å². The van der Waals surface area contributed by atoms with E-state index < -0.39 is 0 Å².